The van der Waals surface area contributed by atoms with Gasteiger partial charge in [0.2, 0.25) is 0 Å². The Labute approximate surface area is 85.3 Å². The Kier molecular flexibility index (Phi) is 2.29. The summed E-state index contributed by atoms with van der Waals surface area (Å²) < 4.78 is 14.3. The first-order chi connectivity index (χ1) is 7.20. The summed E-state index contributed by atoms with van der Waals surface area (Å²) in [6, 6.07) is 4.33. The Bertz CT molecular complexity index is 507. The van der Waals surface area contributed by atoms with Gasteiger partial charge in [0.05, 0.1) is 11.9 Å². The standard InChI is InChI=1S/C10H8FN3O/c1-7-4-8(11)2-3-10(7)14-5-9(6-15)12-13-14/h2-6H,1H3. The number of benzene rings is 1. The lowest BCUT2D eigenvalue weighted by atomic mass is 10.2. The predicted octanol–water partition coefficient (Wildman–Crippen LogP) is 1.53. The molecular weight excluding hydrogens is 197 g/mol. The monoisotopic (exact) mass is 205 g/mol. The highest BCUT2D eigenvalue weighted by atomic mass is 19.1. The van der Waals surface area contributed by atoms with Crippen molar-refractivity contribution in [3.05, 3.63) is 41.5 Å². The minimum absolute atomic E-state index is 0.249. The Morgan fingerprint density at radius 1 is 1.47 bits per heavy atom. The van der Waals surface area contributed by atoms with Crippen LogP contribution in [0, 0.1) is 12.7 Å². The molecule has 15 heavy (non-hydrogen) atoms. The highest BCUT2D eigenvalue weighted by Crippen LogP contribution is 2.13. The van der Waals surface area contributed by atoms with Crippen molar-refractivity contribution in [1.82, 2.24) is 15.0 Å². The second-order valence-electron chi connectivity index (χ2n) is 3.14. The zero-order chi connectivity index (χ0) is 10.8. The average Bonchev–Trinajstić information content (AvgIpc) is 2.66. The van der Waals surface area contributed by atoms with Gasteiger partial charge in [0.25, 0.3) is 0 Å². The van der Waals surface area contributed by atoms with Crippen molar-refractivity contribution in [2.45, 2.75) is 6.92 Å². The maximum absolute atomic E-state index is 12.8. The van der Waals surface area contributed by atoms with Crippen molar-refractivity contribution in [2.24, 2.45) is 0 Å². The summed E-state index contributed by atoms with van der Waals surface area (Å²) in [5, 5.41) is 7.39. The molecule has 0 aliphatic carbocycles. The largest absolute Gasteiger partial charge is 0.296 e. The lowest BCUT2D eigenvalue weighted by molar-refractivity contribution is 0.111. The van der Waals surface area contributed by atoms with E-state index in [-0.39, 0.29) is 11.5 Å². The van der Waals surface area contributed by atoms with Gasteiger partial charge in [-0.2, -0.15) is 0 Å². The highest BCUT2D eigenvalue weighted by molar-refractivity contribution is 5.70. The Morgan fingerprint density at radius 3 is 2.87 bits per heavy atom. The molecule has 0 amide bonds. The third-order valence-electron chi connectivity index (χ3n) is 2.04. The van der Waals surface area contributed by atoms with Gasteiger partial charge in [-0.1, -0.05) is 5.21 Å². The van der Waals surface area contributed by atoms with E-state index in [0.29, 0.717) is 12.0 Å². The van der Waals surface area contributed by atoms with Crippen LogP contribution in [-0.4, -0.2) is 21.3 Å². The topological polar surface area (TPSA) is 47.8 Å². The summed E-state index contributed by atoms with van der Waals surface area (Å²) in [6.45, 7) is 1.76. The maximum atomic E-state index is 12.8. The molecule has 0 fully saturated rings. The van der Waals surface area contributed by atoms with Crippen molar-refractivity contribution in [2.75, 3.05) is 0 Å². The number of rotatable bonds is 2. The van der Waals surface area contributed by atoms with Crippen LogP contribution < -0.4 is 0 Å². The van der Waals surface area contributed by atoms with E-state index in [2.05, 4.69) is 10.3 Å². The van der Waals surface area contributed by atoms with E-state index in [1.54, 1.807) is 13.0 Å². The number of halogens is 1. The van der Waals surface area contributed by atoms with Crippen LogP contribution in [0.4, 0.5) is 4.39 Å². The van der Waals surface area contributed by atoms with E-state index in [1.807, 2.05) is 0 Å². The van der Waals surface area contributed by atoms with Gasteiger partial charge in [-0.25, -0.2) is 9.07 Å². The third kappa shape index (κ3) is 1.76. The normalized spacial score (nSPS) is 10.3. The van der Waals surface area contributed by atoms with Crippen molar-refractivity contribution >= 4 is 6.29 Å². The number of aldehydes is 1. The summed E-state index contributed by atoms with van der Waals surface area (Å²) in [5.41, 5.74) is 1.69. The fraction of sp³-hybridized carbons (Fsp3) is 0.100. The van der Waals surface area contributed by atoms with E-state index >= 15 is 0 Å². The molecule has 0 saturated heterocycles. The summed E-state index contributed by atoms with van der Waals surface area (Å²) in [6.07, 6.45) is 2.11. The van der Waals surface area contributed by atoms with Gasteiger partial charge in [-0.3, -0.25) is 4.79 Å². The van der Waals surface area contributed by atoms with Crippen molar-refractivity contribution in [3.63, 3.8) is 0 Å². The van der Waals surface area contributed by atoms with Crippen LogP contribution in [0.3, 0.4) is 0 Å². The lowest BCUT2D eigenvalue weighted by Crippen LogP contribution is -1.98. The zero-order valence-electron chi connectivity index (χ0n) is 8.01. The van der Waals surface area contributed by atoms with E-state index < -0.39 is 0 Å². The molecule has 5 heteroatoms. The fourth-order valence-electron chi connectivity index (χ4n) is 1.32. The first-order valence-corrected chi connectivity index (χ1v) is 4.35. The van der Waals surface area contributed by atoms with Gasteiger partial charge in [-0.15, -0.1) is 5.10 Å². The van der Waals surface area contributed by atoms with E-state index in [0.717, 1.165) is 5.56 Å². The van der Waals surface area contributed by atoms with Crippen LogP contribution in [-0.2, 0) is 0 Å². The van der Waals surface area contributed by atoms with Gasteiger partial charge in [0.15, 0.2) is 6.29 Å². The molecule has 2 aromatic rings. The molecule has 0 radical (unpaired) electrons. The molecule has 0 N–H and O–H groups in total. The minimum atomic E-state index is -0.299. The van der Waals surface area contributed by atoms with Gasteiger partial charge < -0.3 is 0 Å². The van der Waals surface area contributed by atoms with Gasteiger partial charge >= 0.3 is 0 Å². The number of carbonyl (C=O) groups is 1. The first kappa shape index (κ1) is 9.51. The Morgan fingerprint density at radius 2 is 2.27 bits per heavy atom. The van der Waals surface area contributed by atoms with Crippen molar-refractivity contribution < 1.29 is 9.18 Å². The van der Waals surface area contributed by atoms with Crippen molar-refractivity contribution in [3.8, 4) is 5.69 Å². The number of hydrogen-bond acceptors (Lipinski definition) is 3. The van der Waals surface area contributed by atoms with Gasteiger partial charge in [0, 0.05) is 0 Å². The molecule has 0 atom stereocenters. The molecule has 1 aromatic heterocycles. The number of hydrogen-bond donors (Lipinski definition) is 0. The Hall–Kier alpha value is -2.04. The molecule has 0 bridgehead atoms. The highest BCUT2D eigenvalue weighted by Gasteiger charge is 2.05. The van der Waals surface area contributed by atoms with Crippen LogP contribution in [0.15, 0.2) is 24.4 Å². The maximum Gasteiger partial charge on any atom is 0.171 e. The van der Waals surface area contributed by atoms with Crippen molar-refractivity contribution in [1.29, 1.82) is 0 Å². The van der Waals surface area contributed by atoms with Gasteiger partial charge in [0.1, 0.15) is 11.5 Å². The number of aromatic nitrogens is 3. The second-order valence-corrected chi connectivity index (χ2v) is 3.14. The first-order valence-electron chi connectivity index (χ1n) is 4.35. The molecule has 1 heterocycles. The molecule has 0 spiro atoms. The van der Waals surface area contributed by atoms with Crippen LogP contribution in [0.5, 0.6) is 0 Å². The predicted molar refractivity (Wildman–Crippen MR) is 51.4 cm³/mol. The van der Waals surface area contributed by atoms with Gasteiger partial charge in [-0.05, 0) is 30.7 Å². The smallest absolute Gasteiger partial charge is 0.171 e. The molecule has 4 nitrogen and oxygen atoms in total. The fourth-order valence-corrected chi connectivity index (χ4v) is 1.32. The van der Waals surface area contributed by atoms with Crippen LogP contribution in [0.25, 0.3) is 5.69 Å². The third-order valence-corrected chi connectivity index (χ3v) is 2.04. The average molecular weight is 205 g/mol. The molecule has 0 unspecified atom stereocenters. The number of carbonyl (C=O) groups excluding carboxylic acids is 1. The number of nitrogens with zero attached hydrogens (tertiary/aromatic N) is 3. The molecule has 0 aliphatic rings. The lowest BCUT2D eigenvalue weighted by Gasteiger charge is -2.03. The summed E-state index contributed by atoms with van der Waals surface area (Å²) in [5.74, 6) is -0.299. The minimum Gasteiger partial charge on any atom is -0.296 e. The molecule has 2 rings (SSSR count). The van der Waals surface area contributed by atoms with E-state index in [9.17, 15) is 9.18 Å². The summed E-state index contributed by atoms with van der Waals surface area (Å²) >= 11 is 0. The SMILES string of the molecule is Cc1cc(F)ccc1-n1cc(C=O)nn1. The Balaban J connectivity index is 2.49. The quantitative estimate of drug-likeness (QED) is 0.698. The molecular formula is C10H8FN3O. The van der Waals surface area contributed by atoms with E-state index in [4.69, 9.17) is 0 Å². The second kappa shape index (κ2) is 3.61. The molecule has 0 saturated carbocycles. The van der Waals surface area contributed by atoms with Crippen LogP contribution >= 0.6 is 0 Å². The van der Waals surface area contributed by atoms with Crippen LogP contribution in [0.2, 0.25) is 0 Å². The summed E-state index contributed by atoms with van der Waals surface area (Å²) in [4.78, 5) is 10.4. The number of aryl methyl sites for hydroxylation is 1. The molecule has 1 aromatic carbocycles. The zero-order valence-corrected chi connectivity index (χ0v) is 8.01. The molecule has 76 valence electrons. The molecule has 0 aliphatic heterocycles. The van der Waals surface area contributed by atoms with Crippen LogP contribution in [0.1, 0.15) is 16.1 Å². The summed E-state index contributed by atoms with van der Waals surface area (Å²) in [7, 11) is 0. The van der Waals surface area contributed by atoms with E-state index in [1.165, 1.54) is 23.0 Å².